The third kappa shape index (κ3) is 3.57. The molecular weight excluding hydrogens is 328 g/mol. The minimum absolute atomic E-state index is 0.275. The number of amides is 1. The van der Waals surface area contributed by atoms with Crippen molar-refractivity contribution in [1.82, 2.24) is 5.16 Å². The van der Waals surface area contributed by atoms with E-state index in [1.54, 1.807) is 43.6 Å². The Labute approximate surface area is 143 Å². The molecule has 1 aromatic carbocycles. The van der Waals surface area contributed by atoms with Crippen molar-refractivity contribution in [3.05, 3.63) is 47.2 Å². The summed E-state index contributed by atoms with van der Waals surface area (Å²) in [5, 5.41) is 10.5. The van der Waals surface area contributed by atoms with E-state index in [4.69, 9.17) is 14.0 Å². The number of methoxy groups -OCH3 is 1. The van der Waals surface area contributed by atoms with E-state index in [1.807, 2.05) is 29.0 Å². The fraction of sp³-hybridized carbons (Fsp3) is 0.176. The SMILES string of the molecule is COc1ccccc1OC(C)C(=O)Nc1cc(-c2ccsc2)no1. The molecule has 7 heteroatoms. The van der Waals surface area contributed by atoms with E-state index < -0.39 is 6.10 Å². The molecule has 124 valence electrons. The number of hydrogen-bond donors (Lipinski definition) is 1. The van der Waals surface area contributed by atoms with Crippen molar-refractivity contribution in [2.45, 2.75) is 13.0 Å². The van der Waals surface area contributed by atoms with Crippen LogP contribution >= 0.6 is 11.3 Å². The van der Waals surface area contributed by atoms with Gasteiger partial charge in [-0.25, -0.2) is 0 Å². The van der Waals surface area contributed by atoms with Gasteiger partial charge in [-0.2, -0.15) is 11.3 Å². The minimum Gasteiger partial charge on any atom is -0.493 e. The highest BCUT2D eigenvalue weighted by Gasteiger charge is 2.19. The quantitative estimate of drug-likeness (QED) is 0.736. The molecular formula is C17H16N2O4S. The molecule has 0 bridgehead atoms. The molecule has 0 aliphatic heterocycles. The molecule has 0 fully saturated rings. The largest absolute Gasteiger partial charge is 0.493 e. The molecule has 3 rings (SSSR count). The summed E-state index contributed by atoms with van der Waals surface area (Å²) < 4.78 is 16.0. The van der Waals surface area contributed by atoms with Crippen molar-refractivity contribution in [3.63, 3.8) is 0 Å². The van der Waals surface area contributed by atoms with Crippen LogP contribution < -0.4 is 14.8 Å². The van der Waals surface area contributed by atoms with Gasteiger partial charge in [0.25, 0.3) is 5.91 Å². The zero-order valence-electron chi connectivity index (χ0n) is 13.2. The zero-order chi connectivity index (χ0) is 16.9. The third-order valence-corrected chi connectivity index (χ3v) is 4.00. The Morgan fingerprint density at radius 1 is 1.29 bits per heavy atom. The van der Waals surface area contributed by atoms with Crippen LogP contribution in [0.2, 0.25) is 0 Å². The molecule has 0 aliphatic rings. The van der Waals surface area contributed by atoms with E-state index in [0.29, 0.717) is 17.2 Å². The Morgan fingerprint density at radius 3 is 2.79 bits per heavy atom. The molecule has 0 saturated carbocycles. The summed E-state index contributed by atoms with van der Waals surface area (Å²) in [7, 11) is 1.55. The van der Waals surface area contributed by atoms with Crippen LogP contribution in [-0.4, -0.2) is 24.3 Å². The van der Waals surface area contributed by atoms with Gasteiger partial charge in [-0.15, -0.1) is 0 Å². The number of aromatic nitrogens is 1. The fourth-order valence-electron chi connectivity index (χ4n) is 2.06. The topological polar surface area (TPSA) is 73.6 Å². The molecule has 1 N–H and O–H groups in total. The molecule has 0 spiro atoms. The van der Waals surface area contributed by atoms with Crippen LogP contribution in [0.25, 0.3) is 11.3 Å². The molecule has 2 aromatic heterocycles. The van der Waals surface area contributed by atoms with Crippen LogP contribution in [0.1, 0.15) is 6.92 Å². The number of benzene rings is 1. The van der Waals surface area contributed by atoms with Crippen LogP contribution in [0.3, 0.4) is 0 Å². The predicted octanol–water partition coefficient (Wildman–Crippen LogP) is 3.82. The number of anilines is 1. The number of ether oxygens (including phenoxy) is 2. The van der Waals surface area contributed by atoms with Gasteiger partial charge in [-0.1, -0.05) is 17.3 Å². The molecule has 1 unspecified atom stereocenters. The lowest BCUT2D eigenvalue weighted by Gasteiger charge is -2.15. The van der Waals surface area contributed by atoms with Crippen molar-refractivity contribution < 1.29 is 18.8 Å². The van der Waals surface area contributed by atoms with E-state index in [-0.39, 0.29) is 11.8 Å². The number of nitrogens with zero attached hydrogens (tertiary/aromatic N) is 1. The minimum atomic E-state index is -0.726. The van der Waals surface area contributed by atoms with Crippen LogP contribution in [0, 0.1) is 0 Å². The lowest BCUT2D eigenvalue weighted by molar-refractivity contribution is -0.122. The van der Waals surface area contributed by atoms with Crippen LogP contribution in [0.15, 0.2) is 51.7 Å². The normalized spacial score (nSPS) is 11.8. The standard InChI is InChI=1S/C17H16N2O4S/c1-11(22-15-6-4-3-5-14(15)21-2)17(20)18-16-9-13(19-23-16)12-7-8-24-10-12/h3-11H,1-2H3,(H,18,20). The molecule has 0 aliphatic carbocycles. The Balaban J connectivity index is 1.64. The third-order valence-electron chi connectivity index (χ3n) is 3.32. The van der Waals surface area contributed by atoms with Crippen molar-refractivity contribution >= 4 is 23.1 Å². The summed E-state index contributed by atoms with van der Waals surface area (Å²) in [6.07, 6.45) is -0.726. The summed E-state index contributed by atoms with van der Waals surface area (Å²) in [6.45, 7) is 1.65. The lowest BCUT2D eigenvalue weighted by atomic mass is 10.2. The maximum atomic E-state index is 12.2. The molecule has 24 heavy (non-hydrogen) atoms. The second-order valence-electron chi connectivity index (χ2n) is 4.99. The fourth-order valence-corrected chi connectivity index (χ4v) is 2.71. The van der Waals surface area contributed by atoms with Crippen molar-refractivity contribution in [2.24, 2.45) is 0 Å². The maximum Gasteiger partial charge on any atom is 0.267 e. The van der Waals surface area contributed by atoms with E-state index >= 15 is 0 Å². The first-order valence-electron chi connectivity index (χ1n) is 7.27. The average Bonchev–Trinajstić information content (AvgIpc) is 3.26. The van der Waals surface area contributed by atoms with Crippen LogP contribution in [0.4, 0.5) is 5.88 Å². The summed E-state index contributed by atoms with van der Waals surface area (Å²) in [5.74, 6) is 1.00. The monoisotopic (exact) mass is 344 g/mol. The van der Waals surface area contributed by atoms with Crippen molar-refractivity contribution in [1.29, 1.82) is 0 Å². The summed E-state index contributed by atoms with van der Waals surface area (Å²) >= 11 is 1.57. The molecule has 1 atom stereocenters. The summed E-state index contributed by atoms with van der Waals surface area (Å²) in [5.41, 5.74) is 1.62. The summed E-state index contributed by atoms with van der Waals surface area (Å²) in [6, 6.07) is 10.8. The van der Waals surface area contributed by atoms with Crippen LogP contribution in [0.5, 0.6) is 11.5 Å². The van der Waals surface area contributed by atoms with E-state index in [0.717, 1.165) is 5.56 Å². The lowest BCUT2D eigenvalue weighted by Crippen LogP contribution is -2.30. The Bertz CT molecular complexity index is 814. The Kier molecular flexibility index (Phi) is 4.81. The molecule has 6 nitrogen and oxygen atoms in total. The van der Waals surface area contributed by atoms with Crippen molar-refractivity contribution in [3.8, 4) is 22.8 Å². The van der Waals surface area contributed by atoms with Gasteiger partial charge in [0.2, 0.25) is 5.88 Å². The number of carbonyl (C=O) groups is 1. The maximum absolute atomic E-state index is 12.2. The zero-order valence-corrected chi connectivity index (χ0v) is 14.0. The summed E-state index contributed by atoms with van der Waals surface area (Å²) in [4.78, 5) is 12.2. The van der Waals surface area contributed by atoms with Gasteiger partial charge in [-0.3, -0.25) is 10.1 Å². The van der Waals surface area contributed by atoms with Gasteiger partial charge in [-0.05, 0) is 30.5 Å². The highest BCUT2D eigenvalue weighted by atomic mass is 32.1. The van der Waals surface area contributed by atoms with E-state index in [2.05, 4.69) is 10.5 Å². The number of thiophene rings is 1. The second-order valence-corrected chi connectivity index (χ2v) is 5.77. The van der Waals surface area contributed by atoms with Gasteiger partial charge in [0.1, 0.15) is 5.69 Å². The number of hydrogen-bond acceptors (Lipinski definition) is 6. The highest BCUT2D eigenvalue weighted by Crippen LogP contribution is 2.27. The van der Waals surface area contributed by atoms with Gasteiger partial charge < -0.3 is 14.0 Å². The van der Waals surface area contributed by atoms with Crippen molar-refractivity contribution in [2.75, 3.05) is 12.4 Å². The Hall–Kier alpha value is -2.80. The van der Waals surface area contributed by atoms with Gasteiger partial charge in [0, 0.05) is 17.0 Å². The first-order chi connectivity index (χ1) is 11.7. The first-order valence-corrected chi connectivity index (χ1v) is 8.21. The number of para-hydroxylation sites is 2. The highest BCUT2D eigenvalue weighted by molar-refractivity contribution is 7.08. The Morgan fingerprint density at radius 2 is 2.08 bits per heavy atom. The second kappa shape index (κ2) is 7.18. The number of rotatable bonds is 6. The average molecular weight is 344 g/mol. The number of carbonyl (C=O) groups excluding carboxylic acids is 1. The van der Waals surface area contributed by atoms with Gasteiger partial charge in [0.15, 0.2) is 17.6 Å². The first kappa shape index (κ1) is 16.1. The van der Waals surface area contributed by atoms with E-state index in [9.17, 15) is 4.79 Å². The molecule has 0 radical (unpaired) electrons. The molecule has 3 aromatic rings. The smallest absolute Gasteiger partial charge is 0.267 e. The molecule has 1 amide bonds. The van der Waals surface area contributed by atoms with Crippen LogP contribution in [-0.2, 0) is 4.79 Å². The number of nitrogens with one attached hydrogen (secondary N) is 1. The van der Waals surface area contributed by atoms with Gasteiger partial charge >= 0.3 is 0 Å². The van der Waals surface area contributed by atoms with E-state index in [1.165, 1.54) is 0 Å². The predicted molar refractivity (Wildman–Crippen MR) is 91.5 cm³/mol. The molecule has 2 heterocycles. The molecule has 0 saturated heterocycles. The van der Waals surface area contributed by atoms with Gasteiger partial charge in [0.05, 0.1) is 7.11 Å².